The van der Waals surface area contributed by atoms with Crippen LogP contribution in [0, 0.1) is 0 Å². The number of aromatic nitrogens is 2. The molecular formula is C16H21N3. The van der Waals surface area contributed by atoms with E-state index in [0.29, 0.717) is 0 Å². The van der Waals surface area contributed by atoms with E-state index in [1.807, 2.05) is 7.05 Å². The normalized spacial score (nSPS) is 13.8. The van der Waals surface area contributed by atoms with Crippen molar-refractivity contribution in [2.75, 3.05) is 13.6 Å². The number of benzene rings is 1. The molecule has 0 fully saturated rings. The predicted molar refractivity (Wildman–Crippen MR) is 78.3 cm³/mol. The van der Waals surface area contributed by atoms with Crippen LogP contribution in [0.4, 0.5) is 0 Å². The molecule has 0 spiro atoms. The summed E-state index contributed by atoms with van der Waals surface area (Å²) in [6.45, 7) is 0.967. The van der Waals surface area contributed by atoms with Gasteiger partial charge in [-0.1, -0.05) is 12.1 Å². The molecule has 0 saturated heterocycles. The van der Waals surface area contributed by atoms with E-state index in [1.165, 1.54) is 36.0 Å². The number of hydrogen-bond donors (Lipinski definition) is 1. The lowest BCUT2D eigenvalue weighted by Gasteiger charge is -2.02. The second kappa shape index (κ2) is 5.17. The van der Waals surface area contributed by atoms with Crippen molar-refractivity contribution >= 4 is 0 Å². The molecule has 1 heterocycles. The lowest BCUT2D eigenvalue weighted by Crippen LogP contribution is -2.12. The number of hydrogen-bond acceptors (Lipinski definition) is 2. The van der Waals surface area contributed by atoms with Crippen molar-refractivity contribution in [1.29, 1.82) is 0 Å². The monoisotopic (exact) mass is 255 g/mol. The zero-order valence-corrected chi connectivity index (χ0v) is 11.7. The average molecular weight is 255 g/mol. The van der Waals surface area contributed by atoms with Gasteiger partial charge in [0.25, 0.3) is 0 Å². The summed E-state index contributed by atoms with van der Waals surface area (Å²) >= 11 is 0. The molecule has 1 N–H and O–H groups in total. The van der Waals surface area contributed by atoms with Gasteiger partial charge in [0, 0.05) is 31.8 Å². The molecule has 19 heavy (non-hydrogen) atoms. The molecule has 100 valence electrons. The van der Waals surface area contributed by atoms with Crippen molar-refractivity contribution in [3.8, 4) is 11.3 Å². The number of likely N-dealkylation sites (N-methyl/N-ethyl adjacent to an activating group) is 1. The molecule has 3 rings (SSSR count). The third-order valence-electron chi connectivity index (χ3n) is 3.97. The van der Waals surface area contributed by atoms with E-state index < -0.39 is 0 Å². The highest BCUT2D eigenvalue weighted by atomic mass is 15.0. The summed E-state index contributed by atoms with van der Waals surface area (Å²) in [5.74, 6) is 1.14. The zero-order valence-electron chi connectivity index (χ0n) is 11.7. The molecule has 0 unspecified atom stereocenters. The van der Waals surface area contributed by atoms with E-state index in [0.717, 1.165) is 24.5 Å². The van der Waals surface area contributed by atoms with E-state index in [9.17, 15) is 0 Å². The van der Waals surface area contributed by atoms with E-state index >= 15 is 0 Å². The van der Waals surface area contributed by atoms with Crippen molar-refractivity contribution in [2.45, 2.75) is 25.7 Å². The lowest BCUT2D eigenvalue weighted by molar-refractivity contribution is 0.718. The second-order valence-electron chi connectivity index (χ2n) is 5.34. The Kier molecular flexibility index (Phi) is 3.38. The molecule has 1 aliphatic rings. The van der Waals surface area contributed by atoms with Gasteiger partial charge in [0.1, 0.15) is 5.82 Å². The molecule has 3 nitrogen and oxygen atoms in total. The number of nitrogens with one attached hydrogen (secondary N) is 1. The summed E-state index contributed by atoms with van der Waals surface area (Å²) in [6.07, 6.45) is 6.88. The van der Waals surface area contributed by atoms with E-state index in [-0.39, 0.29) is 0 Å². The maximum Gasteiger partial charge on any atom is 0.110 e. The summed E-state index contributed by atoms with van der Waals surface area (Å²) in [5, 5.41) is 3.17. The Balaban J connectivity index is 1.89. The molecule has 0 aliphatic heterocycles. The summed E-state index contributed by atoms with van der Waals surface area (Å²) in [6, 6.07) is 6.82. The van der Waals surface area contributed by atoms with Gasteiger partial charge in [-0.2, -0.15) is 0 Å². The molecule has 1 aliphatic carbocycles. The van der Waals surface area contributed by atoms with E-state index in [1.54, 1.807) is 0 Å². The molecule has 1 aromatic carbocycles. The molecule has 0 saturated carbocycles. The average Bonchev–Trinajstić information content (AvgIpc) is 3.02. The predicted octanol–water partition coefficient (Wildman–Crippen LogP) is 2.34. The smallest absolute Gasteiger partial charge is 0.110 e. The summed E-state index contributed by atoms with van der Waals surface area (Å²) in [7, 11) is 4.05. The van der Waals surface area contributed by atoms with Crippen LogP contribution in [0.2, 0.25) is 0 Å². The fraction of sp³-hybridized carbons (Fsp3) is 0.438. The van der Waals surface area contributed by atoms with Gasteiger partial charge in [0.15, 0.2) is 0 Å². The molecule has 0 amide bonds. The highest BCUT2D eigenvalue weighted by molar-refractivity contribution is 5.61. The molecule has 3 heteroatoms. The van der Waals surface area contributed by atoms with E-state index in [4.69, 9.17) is 4.98 Å². The Bertz CT molecular complexity index is 584. The van der Waals surface area contributed by atoms with Crippen LogP contribution < -0.4 is 5.32 Å². The van der Waals surface area contributed by atoms with Crippen LogP contribution in [0.15, 0.2) is 24.4 Å². The molecule has 0 radical (unpaired) electrons. The quantitative estimate of drug-likeness (QED) is 0.909. The number of fused-ring (bicyclic) bond motifs is 1. The van der Waals surface area contributed by atoms with Crippen LogP contribution in [0.5, 0.6) is 0 Å². The molecular weight excluding hydrogens is 234 g/mol. The van der Waals surface area contributed by atoms with Gasteiger partial charge in [-0.15, -0.1) is 0 Å². The minimum absolute atomic E-state index is 0.967. The summed E-state index contributed by atoms with van der Waals surface area (Å²) < 4.78 is 2.14. The van der Waals surface area contributed by atoms with Crippen molar-refractivity contribution in [2.24, 2.45) is 7.05 Å². The third kappa shape index (κ3) is 2.43. The molecule has 0 bridgehead atoms. The Labute approximate surface area is 114 Å². The fourth-order valence-corrected chi connectivity index (χ4v) is 2.84. The first-order chi connectivity index (χ1) is 9.28. The van der Waals surface area contributed by atoms with Crippen LogP contribution in [-0.4, -0.2) is 23.1 Å². The Morgan fingerprint density at radius 2 is 2.11 bits per heavy atom. The minimum Gasteiger partial charge on any atom is -0.337 e. The van der Waals surface area contributed by atoms with Crippen molar-refractivity contribution in [3.63, 3.8) is 0 Å². The topological polar surface area (TPSA) is 29.9 Å². The first-order valence-corrected chi connectivity index (χ1v) is 7.07. The van der Waals surface area contributed by atoms with Crippen LogP contribution in [0.25, 0.3) is 11.3 Å². The summed E-state index contributed by atoms with van der Waals surface area (Å²) in [4.78, 5) is 4.77. The standard InChI is InChI=1S/C16H21N3/c1-17-9-8-16-18-15(11-19(16)2)14-7-6-12-4-3-5-13(12)10-14/h6-7,10-11,17H,3-5,8-9H2,1-2H3. The SMILES string of the molecule is CNCCc1nc(-c2ccc3c(c2)CCC3)cn1C. The van der Waals surface area contributed by atoms with Gasteiger partial charge >= 0.3 is 0 Å². The van der Waals surface area contributed by atoms with Crippen molar-refractivity contribution in [3.05, 3.63) is 41.3 Å². The first-order valence-electron chi connectivity index (χ1n) is 7.07. The van der Waals surface area contributed by atoms with Gasteiger partial charge in [0.05, 0.1) is 5.69 Å². The number of rotatable bonds is 4. The van der Waals surface area contributed by atoms with Gasteiger partial charge in [-0.05, 0) is 43.5 Å². The van der Waals surface area contributed by atoms with Crippen molar-refractivity contribution < 1.29 is 0 Å². The largest absolute Gasteiger partial charge is 0.337 e. The summed E-state index contributed by atoms with van der Waals surface area (Å²) in [5.41, 5.74) is 5.39. The highest BCUT2D eigenvalue weighted by Crippen LogP contribution is 2.27. The minimum atomic E-state index is 0.967. The molecule has 0 atom stereocenters. The lowest BCUT2D eigenvalue weighted by atomic mass is 10.0. The van der Waals surface area contributed by atoms with Crippen molar-refractivity contribution in [1.82, 2.24) is 14.9 Å². The van der Waals surface area contributed by atoms with Gasteiger partial charge in [0.2, 0.25) is 0 Å². The maximum absolute atomic E-state index is 4.77. The second-order valence-corrected chi connectivity index (χ2v) is 5.34. The van der Waals surface area contributed by atoms with Crippen LogP contribution >= 0.6 is 0 Å². The van der Waals surface area contributed by atoms with Gasteiger partial charge < -0.3 is 9.88 Å². The van der Waals surface area contributed by atoms with E-state index in [2.05, 4.69) is 41.3 Å². The molecule has 2 aromatic rings. The third-order valence-corrected chi connectivity index (χ3v) is 3.97. The Morgan fingerprint density at radius 1 is 1.26 bits per heavy atom. The fourth-order valence-electron chi connectivity index (χ4n) is 2.84. The van der Waals surface area contributed by atoms with Crippen LogP contribution in [-0.2, 0) is 26.3 Å². The number of aryl methyl sites for hydroxylation is 3. The van der Waals surface area contributed by atoms with Gasteiger partial charge in [-0.25, -0.2) is 4.98 Å². The van der Waals surface area contributed by atoms with Crippen LogP contribution in [0.3, 0.4) is 0 Å². The zero-order chi connectivity index (χ0) is 13.2. The first kappa shape index (κ1) is 12.4. The highest BCUT2D eigenvalue weighted by Gasteiger charge is 2.13. The van der Waals surface area contributed by atoms with Crippen LogP contribution in [0.1, 0.15) is 23.4 Å². The number of imidazole rings is 1. The van der Waals surface area contributed by atoms with Gasteiger partial charge in [-0.3, -0.25) is 0 Å². The Hall–Kier alpha value is -1.61. The Morgan fingerprint density at radius 3 is 2.95 bits per heavy atom. The number of nitrogens with zero attached hydrogens (tertiary/aromatic N) is 2. The molecule has 1 aromatic heterocycles. The maximum atomic E-state index is 4.77.